The molecule has 0 aliphatic rings. The van der Waals surface area contributed by atoms with Crippen LogP contribution < -0.4 is 0 Å². The van der Waals surface area contributed by atoms with Crippen molar-refractivity contribution < 1.29 is 80.1 Å². The normalized spacial score (nSPS) is 15.1. The maximum absolute atomic E-state index is 12.8. The molecule has 18 heteroatoms. The summed E-state index contributed by atoms with van der Waals surface area (Å²) in [5.74, 6) is -4.16. The van der Waals surface area contributed by atoms with Gasteiger partial charge in [0.15, 0.2) is 0 Å². The van der Waals surface area contributed by atoms with E-state index in [9.17, 15) is 65.9 Å². The molecule has 0 unspecified atom stereocenters. The molecule has 0 aromatic heterocycles. The van der Waals surface area contributed by atoms with E-state index in [2.05, 4.69) is 0 Å². The maximum atomic E-state index is 12.8. The fourth-order valence-electron chi connectivity index (χ4n) is 0.940. The van der Waals surface area contributed by atoms with Gasteiger partial charge in [-0.05, 0) is 0 Å². The molecule has 0 saturated carbocycles. The van der Waals surface area contributed by atoms with Gasteiger partial charge in [-0.15, -0.1) is 0 Å². The highest BCUT2D eigenvalue weighted by Gasteiger charge is 2.74. The molecule has 0 aromatic rings. The SMILES string of the molecule is CC(F)(F)OC(F)(F)C(F)(F)OC(F)(F)C(F)(F)OC(F)(F)C(F)=C(F)F. The predicted octanol–water partition coefficient (Wildman–Crippen LogP) is 5.69. The van der Waals surface area contributed by atoms with E-state index in [1.165, 1.54) is 0 Å². The van der Waals surface area contributed by atoms with Gasteiger partial charge in [0.25, 0.3) is 5.83 Å². The lowest BCUT2D eigenvalue weighted by Gasteiger charge is -2.33. The molecule has 0 aliphatic heterocycles. The minimum absolute atomic E-state index is 0.617. The lowest BCUT2D eigenvalue weighted by Crippen LogP contribution is -2.57. The lowest BCUT2D eigenvalue weighted by atomic mass is 10.4. The van der Waals surface area contributed by atoms with Gasteiger partial charge in [-0.25, -0.2) is 14.2 Å². The van der Waals surface area contributed by atoms with Crippen molar-refractivity contribution in [3.8, 4) is 0 Å². The highest BCUT2D eigenvalue weighted by molar-refractivity contribution is 5.00. The van der Waals surface area contributed by atoms with Crippen LogP contribution in [0.4, 0.5) is 65.9 Å². The first-order valence-corrected chi connectivity index (χ1v) is 5.56. The summed E-state index contributed by atoms with van der Waals surface area (Å²) in [5.41, 5.74) is 0. The zero-order valence-electron chi connectivity index (χ0n) is 11.9. The molecule has 0 atom stereocenters. The largest absolute Gasteiger partial charge is 0.453 e. The van der Waals surface area contributed by atoms with E-state index in [-0.39, 0.29) is 0 Å². The average Bonchev–Trinajstić information content (AvgIpc) is 2.31. The van der Waals surface area contributed by atoms with E-state index in [1.54, 1.807) is 9.47 Å². The van der Waals surface area contributed by atoms with E-state index in [4.69, 9.17) is 0 Å². The van der Waals surface area contributed by atoms with Gasteiger partial charge in [0.2, 0.25) is 0 Å². The summed E-state index contributed by atoms with van der Waals surface area (Å²) in [5, 5.41) is 0. The predicted molar refractivity (Wildman–Crippen MR) is 49.0 cm³/mol. The molecule has 0 saturated heterocycles. The average molecular weight is 444 g/mol. The molecule has 0 bridgehead atoms. The second-order valence-electron chi connectivity index (χ2n) is 4.27. The van der Waals surface area contributed by atoms with Crippen molar-refractivity contribution in [2.75, 3.05) is 0 Å². The van der Waals surface area contributed by atoms with Crippen molar-refractivity contribution in [1.29, 1.82) is 0 Å². The molecular weight excluding hydrogens is 441 g/mol. The smallest absolute Gasteiger partial charge is 0.248 e. The Morgan fingerprint density at radius 1 is 0.519 bits per heavy atom. The fraction of sp³-hybridized carbons (Fsp3) is 0.778. The third-order valence-electron chi connectivity index (χ3n) is 1.92. The highest BCUT2D eigenvalue weighted by Crippen LogP contribution is 2.49. The Kier molecular flexibility index (Phi) is 6.81. The monoisotopic (exact) mass is 444 g/mol. The van der Waals surface area contributed by atoms with E-state index in [0.717, 1.165) is 0 Å². The van der Waals surface area contributed by atoms with Gasteiger partial charge in [-0.3, -0.25) is 0 Å². The zero-order chi connectivity index (χ0) is 22.3. The van der Waals surface area contributed by atoms with Crippen LogP contribution in [0.3, 0.4) is 0 Å². The fourth-order valence-corrected chi connectivity index (χ4v) is 0.940. The van der Waals surface area contributed by atoms with Crippen LogP contribution in [-0.4, -0.2) is 36.7 Å². The lowest BCUT2D eigenvalue weighted by molar-refractivity contribution is -0.554. The first-order chi connectivity index (χ1) is 11.5. The number of hydrogen-bond acceptors (Lipinski definition) is 3. The van der Waals surface area contributed by atoms with Crippen molar-refractivity contribution >= 4 is 0 Å². The van der Waals surface area contributed by atoms with Gasteiger partial charge in [-0.1, -0.05) is 0 Å². The number of ether oxygens (including phenoxy) is 3. The van der Waals surface area contributed by atoms with Crippen LogP contribution in [0.15, 0.2) is 11.9 Å². The molecule has 0 N–H and O–H groups in total. The summed E-state index contributed by atoms with van der Waals surface area (Å²) in [4.78, 5) is 0. The van der Waals surface area contributed by atoms with Gasteiger partial charge < -0.3 is 0 Å². The number of rotatable bonds is 9. The Hall–Kier alpha value is -1.43. The zero-order valence-corrected chi connectivity index (χ0v) is 11.9. The van der Waals surface area contributed by atoms with E-state index < -0.39 is 55.5 Å². The minimum atomic E-state index is -7.23. The molecule has 3 nitrogen and oxygen atoms in total. The molecule has 0 rings (SSSR count). The summed E-state index contributed by atoms with van der Waals surface area (Å²) in [6.45, 7) is -0.617. The summed E-state index contributed by atoms with van der Waals surface area (Å²) < 4.78 is 192. The van der Waals surface area contributed by atoms with Crippen LogP contribution in [0, 0.1) is 0 Å². The molecule has 0 aromatic carbocycles. The third-order valence-corrected chi connectivity index (χ3v) is 1.92. The Balaban J connectivity index is 5.70. The summed E-state index contributed by atoms with van der Waals surface area (Å²) in [6.07, 6.45) is -44.0. The van der Waals surface area contributed by atoms with Crippen LogP contribution in [0.1, 0.15) is 6.92 Å². The van der Waals surface area contributed by atoms with Crippen LogP contribution in [-0.2, 0) is 14.2 Å². The molecule has 0 amide bonds. The number of halogens is 15. The van der Waals surface area contributed by atoms with Crippen molar-refractivity contribution in [3.63, 3.8) is 0 Å². The van der Waals surface area contributed by atoms with E-state index in [0.29, 0.717) is 0 Å². The Morgan fingerprint density at radius 3 is 1.11 bits per heavy atom. The molecule has 0 heterocycles. The van der Waals surface area contributed by atoms with Crippen LogP contribution in [0.5, 0.6) is 0 Å². The van der Waals surface area contributed by atoms with Crippen molar-refractivity contribution in [2.45, 2.75) is 43.6 Å². The van der Waals surface area contributed by atoms with Gasteiger partial charge >= 0.3 is 42.7 Å². The van der Waals surface area contributed by atoms with E-state index in [1.807, 2.05) is 4.74 Å². The van der Waals surface area contributed by atoms with Gasteiger partial charge in [0.05, 0.1) is 0 Å². The summed E-state index contributed by atoms with van der Waals surface area (Å²) in [6, 6.07) is 0. The minimum Gasteiger partial charge on any atom is -0.248 e. The Morgan fingerprint density at radius 2 is 0.815 bits per heavy atom. The molecule has 27 heavy (non-hydrogen) atoms. The van der Waals surface area contributed by atoms with Gasteiger partial charge in [-0.2, -0.15) is 65.9 Å². The Bertz CT molecular complexity index is 559. The first-order valence-electron chi connectivity index (χ1n) is 5.56. The first kappa shape index (κ1) is 25.6. The van der Waals surface area contributed by atoms with Gasteiger partial charge in [0, 0.05) is 6.92 Å². The highest BCUT2D eigenvalue weighted by atomic mass is 19.4. The maximum Gasteiger partial charge on any atom is 0.453 e. The summed E-state index contributed by atoms with van der Waals surface area (Å²) in [7, 11) is 0. The van der Waals surface area contributed by atoms with Crippen molar-refractivity contribution in [3.05, 3.63) is 11.9 Å². The van der Waals surface area contributed by atoms with Gasteiger partial charge in [0.1, 0.15) is 0 Å². The van der Waals surface area contributed by atoms with Crippen LogP contribution in [0.25, 0.3) is 0 Å². The van der Waals surface area contributed by atoms with Crippen molar-refractivity contribution in [2.24, 2.45) is 0 Å². The standard InChI is InChI=1S/C9H3F15O3/c1-4(13,14)25-6(17,18)8(21,22)27-9(23,24)7(19,20)26-5(15,16)2(10)3(11)12/h1H3. The quantitative estimate of drug-likeness (QED) is 0.428. The molecule has 0 fully saturated rings. The second kappa shape index (κ2) is 7.19. The molecule has 0 radical (unpaired) electrons. The number of hydrogen-bond donors (Lipinski definition) is 0. The molecule has 0 spiro atoms. The van der Waals surface area contributed by atoms with Crippen molar-refractivity contribution in [1.82, 2.24) is 0 Å². The topological polar surface area (TPSA) is 27.7 Å². The third kappa shape index (κ3) is 6.30. The Labute approximate surface area is 137 Å². The molecular formula is C9H3F15O3. The number of alkyl halides is 12. The summed E-state index contributed by atoms with van der Waals surface area (Å²) >= 11 is 0. The van der Waals surface area contributed by atoms with Crippen LogP contribution >= 0.6 is 0 Å². The molecule has 0 aliphatic carbocycles. The van der Waals surface area contributed by atoms with E-state index >= 15 is 0 Å². The molecule has 162 valence electrons. The van der Waals surface area contributed by atoms with Crippen LogP contribution in [0.2, 0.25) is 0 Å². The second-order valence-corrected chi connectivity index (χ2v) is 4.27.